The Balaban J connectivity index is 0.00000484. The van der Waals surface area contributed by atoms with E-state index in [4.69, 9.17) is 4.74 Å². The maximum absolute atomic E-state index is 13.0. The molecule has 0 aromatic heterocycles. The van der Waals surface area contributed by atoms with Gasteiger partial charge < -0.3 is 15.4 Å². The third kappa shape index (κ3) is 7.82. The molecule has 0 atom stereocenters. The zero-order chi connectivity index (χ0) is 16.6. The molecular formula is C14H20F4IN3O. The molecule has 0 radical (unpaired) electrons. The zero-order valence-corrected chi connectivity index (χ0v) is 15.2. The smallest absolute Gasteiger partial charge is 0.383 e. The number of rotatable bonds is 6. The van der Waals surface area contributed by atoms with E-state index in [9.17, 15) is 17.6 Å². The van der Waals surface area contributed by atoms with Crippen LogP contribution in [0.4, 0.5) is 17.6 Å². The lowest BCUT2D eigenvalue weighted by molar-refractivity contribution is -0.138. The first-order valence-electron chi connectivity index (χ1n) is 6.75. The number of hydrogen-bond acceptors (Lipinski definition) is 2. The summed E-state index contributed by atoms with van der Waals surface area (Å²) in [7, 11) is 1.54. The number of aliphatic imine (C=N–C) groups is 1. The Morgan fingerprint density at radius 3 is 2.52 bits per heavy atom. The molecule has 0 unspecified atom stereocenters. The van der Waals surface area contributed by atoms with Crippen molar-refractivity contribution in [1.82, 2.24) is 10.6 Å². The standard InChI is InChI=1S/C14H19F4N3O.HI/c1-3-19-13(20-6-7-22-2)21-9-10-4-5-11(15)8-12(10)14(16,17)18;/h4-5,8H,3,6-7,9H2,1-2H3,(H2,19,20,21);1H. The molecule has 0 fully saturated rings. The van der Waals surface area contributed by atoms with E-state index in [1.165, 1.54) is 0 Å². The van der Waals surface area contributed by atoms with Crippen molar-refractivity contribution in [3.8, 4) is 0 Å². The summed E-state index contributed by atoms with van der Waals surface area (Å²) >= 11 is 0. The highest BCUT2D eigenvalue weighted by Crippen LogP contribution is 2.32. The average molecular weight is 449 g/mol. The molecular weight excluding hydrogens is 429 g/mol. The van der Waals surface area contributed by atoms with E-state index in [0.29, 0.717) is 31.7 Å². The molecule has 4 nitrogen and oxygen atoms in total. The summed E-state index contributed by atoms with van der Waals surface area (Å²) in [6.07, 6.45) is -4.62. The maximum atomic E-state index is 13.0. The van der Waals surface area contributed by atoms with Gasteiger partial charge in [-0.1, -0.05) is 6.07 Å². The molecule has 0 spiro atoms. The summed E-state index contributed by atoms with van der Waals surface area (Å²) in [5.74, 6) is -0.554. The fourth-order valence-electron chi connectivity index (χ4n) is 1.73. The molecule has 0 amide bonds. The van der Waals surface area contributed by atoms with Gasteiger partial charge in [-0.2, -0.15) is 13.2 Å². The summed E-state index contributed by atoms with van der Waals surface area (Å²) in [4.78, 5) is 4.08. The third-order valence-corrected chi connectivity index (χ3v) is 2.73. The van der Waals surface area contributed by atoms with Gasteiger partial charge >= 0.3 is 6.18 Å². The van der Waals surface area contributed by atoms with E-state index in [-0.39, 0.29) is 36.1 Å². The Bertz CT molecular complexity index is 509. The first-order chi connectivity index (χ1) is 10.4. The number of hydrogen-bond donors (Lipinski definition) is 2. The van der Waals surface area contributed by atoms with Crippen molar-refractivity contribution in [2.75, 3.05) is 26.8 Å². The van der Waals surface area contributed by atoms with Gasteiger partial charge in [-0.05, 0) is 24.6 Å². The molecule has 0 bridgehead atoms. The van der Waals surface area contributed by atoms with E-state index in [1.54, 1.807) is 7.11 Å². The Hall–Kier alpha value is -1.10. The number of ether oxygens (including phenoxy) is 1. The van der Waals surface area contributed by atoms with Crippen molar-refractivity contribution in [3.63, 3.8) is 0 Å². The van der Waals surface area contributed by atoms with E-state index in [2.05, 4.69) is 15.6 Å². The van der Waals surface area contributed by atoms with Gasteiger partial charge in [-0.3, -0.25) is 0 Å². The quantitative estimate of drug-likeness (QED) is 0.231. The second-order valence-electron chi connectivity index (χ2n) is 4.41. The first-order valence-corrected chi connectivity index (χ1v) is 6.75. The van der Waals surface area contributed by atoms with E-state index in [1.807, 2.05) is 6.92 Å². The monoisotopic (exact) mass is 449 g/mol. The molecule has 0 aliphatic heterocycles. The van der Waals surface area contributed by atoms with Crippen molar-refractivity contribution in [1.29, 1.82) is 0 Å². The van der Waals surface area contributed by atoms with E-state index < -0.39 is 17.6 Å². The Morgan fingerprint density at radius 1 is 1.26 bits per heavy atom. The molecule has 132 valence electrons. The summed E-state index contributed by atoms with van der Waals surface area (Å²) in [6.45, 7) is 3.10. The second kappa shape index (κ2) is 10.6. The number of methoxy groups -OCH3 is 1. The lowest BCUT2D eigenvalue weighted by Gasteiger charge is -2.13. The van der Waals surface area contributed by atoms with Crippen molar-refractivity contribution >= 4 is 29.9 Å². The van der Waals surface area contributed by atoms with Crippen LogP contribution in [0.25, 0.3) is 0 Å². The SMILES string of the molecule is CCNC(=NCc1ccc(F)cc1C(F)(F)F)NCCOC.I. The Labute approximate surface area is 149 Å². The van der Waals surface area contributed by atoms with Crippen LogP contribution in [0.15, 0.2) is 23.2 Å². The molecule has 0 heterocycles. The molecule has 9 heteroatoms. The van der Waals surface area contributed by atoms with Crippen LogP contribution >= 0.6 is 24.0 Å². The Kier molecular flexibility index (Phi) is 10.1. The van der Waals surface area contributed by atoms with Crippen molar-refractivity contribution < 1.29 is 22.3 Å². The highest BCUT2D eigenvalue weighted by Gasteiger charge is 2.33. The zero-order valence-electron chi connectivity index (χ0n) is 12.8. The molecule has 2 N–H and O–H groups in total. The average Bonchev–Trinajstić information content (AvgIpc) is 2.45. The minimum Gasteiger partial charge on any atom is -0.383 e. The van der Waals surface area contributed by atoms with E-state index in [0.717, 1.165) is 12.1 Å². The number of benzene rings is 1. The van der Waals surface area contributed by atoms with Crippen LogP contribution in [-0.4, -0.2) is 32.8 Å². The van der Waals surface area contributed by atoms with Gasteiger partial charge in [0.25, 0.3) is 0 Å². The van der Waals surface area contributed by atoms with Gasteiger partial charge in [0.05, 0.1) is 18.7 Å². The lowest BCUT2D eigenvalue weighted by atomic mass is 10.1. The van der Waals surface area contributed by atoms with Crippen LogP contribution in [0.5, 0.6) is 0 Å². The molecule has 0 saturated heterocycles. The van der Waals surface area contributed by atoms with Crippen LogP contribution < -0.4 is 10.6 Å². The van der Waals surface area contributed by atoms with Crippen LogP contribution in [0.1, 0.15) is 18.1 Å². The van der Waals surface area contributed by atoms with Crippen LogP contribution in [0.3, 0.4) is 0 Å². The van der Waals surface area contributed by atoms with Crippen LogP contribution in [0.2, 0.25) is 0 Å². The summed E-state index contributed by atoms with van der Waals surface area (Å²) < 4.78 is 56.6. The van der Waals surface area contributed by atoms with Crippen molar-refractivity contribution in [2.24, 2.45) is 4.99 Å². The fraction of sp³-hybridized carbons (Fsp3) is 0.500. The number of alkyl halides is 3. The van der Waals surface area contributed by atoms with Gasteiger partial charge in [0, 0.05) is 20.2 Å². The predicted molar refractivity (Wildman–Crippen MR) is 91.5 cm³/mol. The molecule has 0 aliphatic carbocycles. The predicted octanol–water partition coefficient (Wildman–Crippen LogP) is 3.16. The van der Waals surface area contributed by atoms with Gasteiger partial charge in [-0.25, -0.2) is 9.38 Å². The molecule has 1 aromatic rings. The summed E-state index contributed by atoms with van der Waals surface area (Å²) in [5.41, 5.74) is -1.10. The summed E-state index contributed by atoms with van der Waals surface area (Å²) in [5, 5.41) is 5.83. The Morgan fingerprint density at radius 2 is 1.96 bits per heavy atom. The second-order valence-corrected chi connectivity index (χ2v) is 4.41. The third-order valence-electron chi connectivity index (χ3n) is 2.73. The highest BCUT2D eigenvalue weighted by atomic mass is 127. The largest absolute Gasteiger partial charge is 0.416 e. The molecule has 1 aromatic carbocycles. The maximum Gasteiger partial charge on any atom is 0.416 e. The normalized spacial score (nSPS) is 11.8. The first kappa shape index (κ1) is 21.9. The fourth-order valence-corrected chi connectivity index (χ4v) is 1.73. The topological polar surface area (TPSA) is 45.7 Å². The van der Waals surface area contributed by atoms with Gasteiger partial charge in [-0.15, -0.1) is 24.0 Å². The highest BCUT2D eigenvalue weighted by molar-refractivity contribution is 14.0. The number of nitrogens with one attached hydrogen (secondary N) is 2. The molecule has 0 aliphatic rings. The van der Waals surface area contributed by atoms with E-state index >= 15 is 0 Å². The number of nitrogens with zero attached hydrogens (tertiary/aromatic N) is 1. The summed E-state index contributed by atoms with van der Waals surface area (Å²) in [6, 6.07) is 2.57. The number of guanidine groups is 1. The lowest BCUT2D eigenvalue weighted by Crippen LogP contribution is -2.38. The van der Waals surface area contributed by atoms with Crippen molar-refractivity contribution in [2.45, 2.75) is 19.6 Å². The molecule has 1 rings (SSSR count). The van der Waals surface area contributed by atoms with Crippen molar-refractivity contribution in [3.05, 3.63) is 35.1 Å². The number of halogens is 5. The molecule has 0 saturated carbocycles. The van der Waals surface area contributed by atoms with Crippen LogP contribution in [-0.2, 0) is 17.5 Å². The minimum atomic E-state index is -4.62. The molecule has 23 heavy (non-hydrogen) atoms. The van der Waals surface area contributed by atoms with Gasteiger partial charge in [0.2, 0.25) is 0 Å². The van der Waals surface area contributed by atoms with Gasteiger partial charge in [0.1, 0.15) is 5.82 Å². The van der Waals surface area contributed by atoms with Crippen LogP contribution in [0, 0.1) is 5.82 Å². The van der Waals surface area contributed by atoms with Gasteiger partial charge in [0.15, 0.2) is 5.96 Å². The minimum absolute atomic E-state index is 0.